The van der Waals surface area contributed by atoms with Gasteiger partial charge in [0.1, 0.15) is 11.4 Å². The molecule has 0 fully saturated rings. The zero-order valence-electron chi connectivity index (χ0n) is 11.7. The van der Waals surface area contributed by atoms with Crippen LogP contribution < -0.4 is 14.5 Å². The second-order valence-electron chi connectivity index (χ2n) is 4.36. The number of aryl methyl sites for hydroxylation is 1. The summed E-state index contributed by atoms with van der Waals surface area (Å²) in [4.78, 5) is 2.87. The SMILES string of the molecule is CSOc1cc(NC(O)=[NH+]c2ccc(C)cc2)ccc1Cl. The third-order valence-electron chi connectivity index (χ3n) is 2.68. The first-order valence-corrected chi connectivity index (χ1v) is 7.78. The van der Waals surface area contributed by atoms with Gasteiger partial charge in [-0.2, -0.15) is 0 Å². The number of aliphatic hydroxyl groups excluding tert-OH is 1. The summed E-state index contributed by atoms with van der Waals surface area (Å²) in [7, 11) is 0. The molecule has 2 aromatic rings. The highest BCUT2D eigenvalue weighted by molar-refractivity contribution is 7.94. The van der Waals surface area contributed by atoms with E-state index in [1.807, 2.05) is 31.2 Å². The number of rotatable bonds is 4. The molecule has 0 saturated carbocycles. The molecule has 110 valence electrons. The average Bonchev–Trinajstić information content (AvgIpc) is 2.45. The highest BCUT2D eigenvalue weighted by Crippen LogP contribution is 2.29. The number of amidine groups is 1. The van der Waals surface area contributed by atoms with E-state index in [2.05, 4.69) is 10.3 Å². The molecule has 0 radical (unpaired) electrons. The Balaban J connectivity index is 2.13. The van der Waals surface area contributed by atoms with E-state index in [4.69, 9.17) is 15.8 Å². The van der Waals surface area contributed by atoms with Crippen LogP contribution >= 0.6 is 23.6 Å². The van der Waals surface area contributed by atoms with Gasteiger partial charge in [0.15, 0.2) is 5.75 Å². The van der Waals surface area contributed by atoms with E-state index in [1.165, 1.54) is 12.0 Å². The first-order chi connectivity index (χ1) is 10.1. The van der Waals surface area contributed by atoms with Crippen molar-refractivity contribution < 1.29 is 14.3 Å². The summed E-state index contributed by atoms with van der Waals surface area (Å²) < 4.78 is 5.32. The van der Waals surface area contributed by atoms with Gasteiger partial charge in [-0.1, -0.05) is 29.3 Å². The van der Waals surface area contributed by atoms with E-state index in [0.29, 0.717) is 16.5 Å². The largest absolute Gasteiger partial charge is 0.449 e. The van der Waals surface area contributed by atoms with Gasteiger partial charge in [0.25, 0.3) is 0 Å². The van der Waals surface area contributed by atoms with Gasteiger partial charge >= 0.3 is 6.02 Å². The van der Waals surface area contributed by atoms with Crippen LogP contribution in [0, 0.1) is 6.92 Å². The maximum Gasteiger partial charge on any atom is 0.449 e. The smallest absolute Gasteiger partial charge is 0.447 e. The van der Waals surface area contributed by atoms with Gasteiger partial charge < -0.3 is 9.29 Å². The van der Waals surface area contributed by atoms with Crippen LogP contribution in [0.2, 0.25) is 5.02 Å². The second kappa shape index (κ2) is 7.24. The molecular formula is C15H16ClN2O2S+. The first-order valence-electron chi connectivity index (χ1n) is 6.25. The molecule has 4 nitrogen and oxygen atoms in total. The minimum Gasteiger partial charge on any atom is -0.447 e. The van der Waals surface area contributed by atoms with E-state index in [-0.39, 0.29) is 6.02 Å². The average molecular weight is 324 g/mol. The summed E-state index contributed by atoms with van der Waals surface area (Å²) in [5, 5.41) is 13.3. The maximum atomic E-state index is 9.93. The number of anilines is 1. The molecule has 21 heavy (non-hydrogen) atoms. The third kappa shape index (κ3) is 4.58. The van der Waals surface area contributed by atoms with E-state index in [0.717, 1.165) is 11.3 Å². The zero-order chi connectivity index (χ0) is 15.2. The summed E-state index contributed by atoms with van der Waals surface area (Å²) in [5.74, 6) is 0.539. The van der Waals surface area contributed by atoms with Crippen molar-refractivity contribution in [2.45, 2.75) is 6.92 Å². The minimum absolute atomic E-state index is 0.0729. The van der Waals surface area contributed by atoms with Crippen LogP contribution in [0.3, 0.4) is 0 Å². The van der Waals surface area contributed by atoms with Crippen LogP contribution in [-0.2, 0) is 0 Å². The van der Waals surface area contributed by atoms with Crippen LogP contribution in [0.4, 0.5) is 11.4 Å². The van der Waals surface area contributed by atoms with Crippen LogP contribution in [0.15, 0.2) is 42.5 Å². The van der Waals surface area contributed by atoms with Crippen LogP contribution in [0.5, 0.6) is 5.75 Å². The molecule has 0 spiro atoms. The molecule has 6 heteroatoms. The Bertz CT molecular complexity index is 645. The van der Waals surface area contributed by atoms with Crippen molar-refractivity contribution in [3.63, 3.8) is 0 Å². The quantitative estimate of drug-likeness (QED) is 0.460. The second-order valence-corrected chi connectivity index (χ2v) is 5.27. The Labute approximate surface area is 133 Å². The summed E-state index contributed by atoms with van der Waals surface area (Å²) in [6, 6.07) is 12.8. The van der Waals surface area contributed by atoms with Gasteiger partial charge in [0, 0.05) is 12.3 Å². The van der Waals surface area contributed by atoms with Gasteiger partial charge in [-0.3, -0.25) is 0 Å². The number of hydrogen-bond acceptors (Lipinski definition) is 2. The summed E-state index contributed by atoms with van der Waals surface area (Å²) in [6.07, 6.45) is 1.80. The van der Waals surface area contributed by atoms with Crippen molar-refractivity contribution >= 4 is 41.0 Å². The molecule has 2 rings (SSSR count). The Kier molecular flexibility index (Phi) is 5.36. The van der Waals surface area contributed by atoms with Gasteiger partial charge in [-0.05, 0) is 31.2 Å². The molecule has 3 N–H and O–H groups in total. The third-order valence-corrected chi connectivity index (χ3v) is 3.34. The molecule has 0 aliphatic rings. The van der Waals surface area contributed by atoms with Crippen LogP contribution in [-0.4, -0.2) is 17.4 Å². The molecule has 0 aromatic heterocycles. The minimum atomic E-state index is -0.0729. The van der Waals surface area contributed by atoms with Crippen molar-refractivity contribution in [1.29, 1.82) is 0 Å². The highest BCUT2D eigenvalue weighted by Gasteiger charge is 2.10. The fraction of sp³-hybridized carbons (Fsp3) is 0.133. The number of halogens is 1. The normalized spacial score (nSPS) is 11.3. The zero-order valence-corrected chi connectivity index (χ0v) is 13.3. The van der Waals surface area contributed by atoms with Gasteiger partial charge in [-0.15, -0.1) is 0 Å². The standard InChI is InChI=1S/C15H15ClN2O2S/c1-10-3-5-11(6-4-10)17-15(19)18-12-7-8-13(16)14(9-12)20-21-2/h3-9H,1-2H3,(H2,17,18,19)/p+1. The molecule has 0 atom stereocenters. The number of hydrogen-bond donors (Lipinski definition) is 3. The van der Waals surface area contributed by atoms with Gasteiger partial charge in [-0.25, -0.2) is 10.3 Å². The van der Waals surface area contributed by atoms with Gasteiger partial charge in [0.2, 0.25) is 0 Å². The van der Waals surface area contributed by atoms with Crippen molar-refractivity contribution in [2.75, 3.05) is 11.6 Å². The van der Waals surface area contributed by atoms with Crippen molar-refractivity contribution in [3.8, 4) is 5.75 Å². The first kappa shape index (κ1) is 15.5. The monoisotopic (exact) mass is 323 g/mol. The molecule has 0 aliphatic carbocycles. The maximum absolute atomic E-state index is 9.93. The summed E-state index contributed by atoms with van der Waals surface area (Å²) in [5.41, 5.74) is 2.62. The molecule has 0 amide bonds. The van der Waals surface area contributed by atoms with Gasteiger partial charge in [0.05, 0.1) is 17.1 Å². The highest BCUT2D eigenvalue weighted by atomic mass is 35.5. The van der Waals surface area contributed by atoms with E-state index in [9.17, 15) is 5.11 Å². The lowest BCUT2D eigenvalue weighted by Crippen LogP contribution is -2.68. The molecule has 2 aromatic carbocycles. The van der Waals surface area contributed by atoms with Crippen molar-refractivity contribution in [1.82, 2.24) is 0 Å². The van der Waals surface area contributed by atoms with Crippen molar-refractivity contribution in [2.24, 2.45) is 0 Å². The summed E-state index contributed by atoms with van der Waals surface area (Å²) in [6.45, 7) is 2.01. The lowest BCUT2D eigenvalue weighted by Gasteiger charge is -2.04. The van der Waals surface area contributed by atoms with Crippen LogP contribution in [0.25, 0.3) is 0 Å². The summed E-state index contributed by atoms with van der Waals surface area (Å²) >= 11 is 7.21. The Hall–Kier alpha value is -1.85. The topological polar surface area (TPSA) is 55.5 Å². The molecule has 0 aliphatic heterocycles. The Morgan fingerprint density at radius 2 is 1.95 bits per heavy atom. The molecular weight excluding hydrogens is 308 g/mol. The Morgan fingerprint density at radius 1 is 1.24 bits per heavy atom. The number of aliphatic hydroxyl groups is 1. The Morgan fingerprint density at radius 3 is 2.62 bits per heavy atom. The van der Waals surface area contributed by atoms with Crippen molar-refractivity contribution in [3.05, 3.63) is 53.1 Å². The van der Waals surface area contributed by atoms with E-state index < -0.39 is 0 Å². The molecule has 0 unspecified atom stereocenters. The molecule has 0 saturated heterocycles. The fourth-order valence-corrected chi connectivity index (χ4v) is 2.20. The van der Waals surface area contributed by atoms with E-state index >= 15 is 0 Å². The lowest BCUT2D eigenvalue weighted by molar-refractivity contribution is -0.365. The lowest BCUT2D eigenvalue weighted by atomic mass is 10.2. The molecule has 0 bridgehead atoms. The number of nitrogens with one attached hydrogen (secondary N) is 2. The number of benzene rings is 2. The van der Waals surface area contributed by atoms with E-state index in [1.54, 1.807) is 24.5 Å². The van der Waals surface area contributed by atoms with Crippen LogP contribution in [0.1, 0.15) is 5.56 Å². The fourth-order valence-electron chi connectivity index (χ4n) is 1.68. The predicted octanol–water partition coefficient (Wildman–Crippen LogP) is 3.04. The molecule has 0 heterocycles. The predicted molar refractivity (Wildman–Crippen MR) is 88.7 cm³/mol.